The monoisotopic (exact) mass is 317 g/mol. The predicted molar refractivity (Wildman–Crippen MR) is 89.7 cm³/mol. The second-order valence-corrected chi connectivity index (χ2v) is 6.70. The maximum atomic E-state index is 12.8. The lowest BCUT2D eigenvalue weighted by Crippen LogP contribution is -2.43. The minimum atomic E-state index is 0.204. The normalized spacial score (nSPS) is 18.7. The van der Waals surface area contributed by atoms with E-state index in [4.69, 9.17) is 9.47 Å². The quantitative estimate of drug-likeness (QED) is 0.829. The summed E-state index contributed by atoms with van der Waals surface area (Å²) in [4.78, 5) is 14.9. The molecule has 1 fully saturated rings. The number of carbonyl (C=O) groups is 1. The summed E-state index contributed by atoms with van der Waals surface area (Å²) in [6, 6.07) is 6.28. The molecule has 0 bridgehead atoms. The number of likely N-dealkylation sites (N-methyl/N-ethyl adjacent to an activating group) is 1. The Hall–Kier alpha value is -1.71. The van der Waals surface area contributed by atoms with E-state index in [-0.39, 0.29) is 12.0 Å². The van der Waals surface area contributed by atoms with E-state index >= 15 is 0 Å². The summed E-state index contributed by atoms with van der Waals surface area (Å²) < 4.78 is 10.8. The number of carbonyl (C=O) groups excluding carboxylic acids is 1. The fraction of sp³-hybridized carbons (Fsp3) is 0.632. The Morgan fingerprint density at radius 3 is 2.70 bits per heavy atom. The molecule has 1 saturated carbocycles. The Bertz CT molecular complexity index is 552. The van der Waals surface area contributed by atoms with Crippen molar-refractivity contribution in [3.63, 3.8) is 0 Å². The van der Waals surface area contributed by atoms with Crippen molar-refractivity contribution in [2.45, 2.75) is 58.4 Å². The van der Waals surface area contributed by atoms with Gasteiger partial charge in [0.1, 0.15) is 0 Å². The van der Waals surface area contributed by atoms with Gasteiger partial charge in [-0.3, -0.25) is 4.79 Å². The van der Waals surface area contributed by atoms with E-state index in [1.165, 1.54) is 24.8 Å². The van der Waals surface area contributed by atoms with Crippen LogP contribution in [0.1, 0.15) is 51.5 Å². The van der Waals surface area contributed by atoms with E-state index in [1.807, 2.05) is 12.1 Å². The SMILES string of the molecule is CCN(C(=O)C1CCCCC1)C(C)Cc1ccc2c(c1)OCO2. The van der Waals surface area contributed by atoms with Crippen LogP contribution in [0.4, 0.5) is 0 Å². The first kappa shape index (κ1) is 16.2. The highest BCUT2D eigenvalue weighted by Crippen LogP contribution is 2.33. The second-order valence-electron chi connectivity index (χ2n) is 6.70. The molecule has 0 N–H and O–H groups in total. The van der Waals surface area contributed by atoms with Gasteiger partial charge in [-0.05, 0) is 50.8 Å². The molecule has 0 radical (unpaired) electrons. The molecule has 1 unspecified atom stereocenters. The summed E-state index contributed by atoms with van der Waals surface area (Å²) in [5.74, 6) is 2.21. The average Bonchev–Trinajstić information content (AvgIpc) is 3.04. The zero-order valence-electron chi connectivity index (χ0n) is 14.2. The van der Waals surface area contributed by atoms with Gasteiger partial charge < -0.3 is 14.4 Å². The average molecular weight is 317 g/mol. The number of amides is 1. The van der Waals surface area contributed by atoms with Gasteiger partial charge in [0.2, 0.25) is 12.7 Å². The van der Waals surface area contributed by atoms with Crippen LogP contribution in [0, 0.1) is 5.92 Å². The summed E-state index contributed by atoms with van der Waals surface area (Å²) in [6.45, 7) is 5.31. The van der Waals surface area contributed by atoms with Crippen molar-refractivity contribution in [2.24, 2.45) is 5.92 Å². The largest absolute Gasteiger partial charge is 0.454 e. The Kier molecular flexibility index (Phi) is 5.09. The van der Waals surface area contributed by atoms with Crippen molar-refractivity contribution in [3.8, 4) is 11.5 Å². The van der Waals surface area contributed by atoms with Crippen LogP contribution in [0.5, 0.6) is 11.5 Å². The van der Waals surface area contributed by atoms with E-state index in [0.29, 0.717) is 12.7 Å². The van der Waals surface area contributed by atoms with E-state index < -0.39 is 0 Å². The molecule has 126 valence electrons. The molecule has 3 rings (SSSR count). The van der Waals surface area contributed by atoms with Gasteiger partial charge >= 0.3 is 0 Å². The van der Waals surface area contributed by atoms with Gasteiger partial charge in [-0.2, -0.15) is 0 Å². The number of hydrogen-bond donors (Lipinski definition) is 0. The third kappa shape index (κ3) is 3.62. The van der Waals surface area contributed by atoms with Crippen LogP contribution >= 0.6 is 0 Å². The third-order valence-corrected chi connectivity index (χ3v) is 5.08. The van der Waals surface area contributed by atoms with Gasteiger partial charge in [0.05, 0.1) is 0 Å². The van der Waals surface area contributed by atoms with E-state index in [9.17, 15) is 4.79 Å². The lowest BCUT2D eigenvalue weighted by molar-refractivity contribution is -0.138. The molecule has 0 aromatic heterocycles. The molecule has 1 aromatic rings. The molecule has 0 saturated heterocycles. The van der Waals surface area contributed by atoms with E-state index in [1.54, 1.807) is 0 Å². The summed E-state index contributed by atoms with van der Waals surface area (Å²) in [6.07, 6.45) is 6.65. The fourth-order valence-electron chi connectivity index (χ4n) is 3.79. The number of nitrogens with zero attached hydrogens (tertiary/aromatic N) is 1. The number of hydrogen-bond acceptors (Lipinski definition) is 3. The third-order valence-electron chi connectivity index (χ3n) is 5.08. The van der Waals surface area contributed by atoms with E-state index in [0.717, 1.165) is 37.3 Å². The lowest BCUT2D eigenvalue weighted by Gasteiger charge is -2.33. The molecule has 2 aliphatic rings. The second kappa shape index (κ2) is 7.24. The topological polar surface area (TPSA) is 38.8 Å². The molecule has 0 spiro atoms. The molecule has 4 nitrogen and oxygen atoms in total. The summed E-state index contributed by atoms with van der Waals surface area (Å²) in [5, 5.41) is 0. The Morgan fingerprint density at radius 2 is 1.96 bits per heavy atom. The maximum Gasteiger partial charge on any atom is 0.231 e. The minimum Gasteiger partial charge on any atom is -0.454 e. The molecule has 1 aromatic carbocycles. The zero-order chi connectivity index (χ0) is 16.2. The van der Waals surface area contributed by atoms with Gasteiger partial charge in [-0.15, -0.1) is 0 Å². The fourth-order valence-corrected chi connectivity index (χ4v) is 3.79. The van der Waals surface area contributed by atoms with Gasteiger partial charge in [0.15, 0.2) is 11.5 Å². The molecule has 23 heavy (non-hydrogen) atoms. The molecule has 1 heterocycles. The number of rotatable bonds is 5. The van der Waals surface area contributed by atoms with Gasteiger partial charge in [-0.1, -0.05) is 25.3 Å². The molecule has 1 amide bonds. The highest BCUT2D eigenvalue weighted by molar-refractivity contribution is 5.79. The molecule has 4 heteroatoms. The number of benzene rings is 1. The first-order valence-corrected chi connectivity index (χ1v) is 8.88. The van der Waals surface area contributed by atoms with Gasteiger partial charge in [-0.25, -0.2) is 0 Å². The van der Waals surface area contributed by atoms with Crippen molar-refractivity contribution < 1.29 is 14.3 Å². The first-order valence-electron chi connectivity index (χ1n) is 8.88. The number of ether oxygens (including phenoxy) is 2. The Morgan fingerprint density at radius 1 is 1.22 bits per heavy atom. The summed E-state index contributed by atoms with van der Waals surface area (Å²) in [7, 11) is 0. The van der Waals surface area contributed by atoms with Crippen molar-refractivity contribution >= 4 is 5.91 Å². The summed E-state index contributed by atoms with van der Waals surface area (Å²) in [5.41, 5.74) is 1.19. The maximum absolute atomic E-state index is 12.8. The van der Waals surface area contributed by atoms with Crippen LogP contribution in [0.15, 0.2) is 18.2 Å². The van der Waals surface area contributed by atoms with Crippen molar-refractivity contribution in [2.75, 3.05) is 13.3 Å². The van der Waals surface area contributed by atoms with Crippen LogP contribution < -0.4 is 9.47 Å². The first-order chi connectivity index (χ1) is 11.2. The Labute approximate surface area is 138 Å². The van der Waals surface area contributed by atoms with E-state index in [2.05, 4.69) is 24.8 Å². The minimum absolute atomic E-state index is 0.204. The highest BCUT2D eigenvalue weighted by Gasteiger charge is 2.28. The number of fused-ring (bicyclic) bond motifs is 1. The molecule has 1 aliphatic heterocycles. The van der Waals surface area contributed by atoms with Crippen LogP contribution in [0.25, 0.3) is 0 Å². The predicted octanol–water partition coefficient (Wildman–Crippen LogP) is 3.78. The molecular weight excluding hydrogens is 290 g/mol. The van der Waals surface area contributed by atoms with Crippen LogP contribution in [-0.2, 0) is 11.2 Å². The van der Waals surface area contributed by atoms with Crippen molar-refractivity contribution in [1.29, 1.82) is 0 Å². The van der Waals surface area contributed by atoms with Crippen molar-refractivity contribution in [1.82, 2.24) is 4.90 Å². The van der Waals surface area contributed by atoms with Crippen LogP contribution in [-0.4, -0.2) is 30.2 Å². The standard InChI is InChI=1S/C19H27NO3/c1-3-20(19(21)16-7-5-4-6-8-16)14(2)11-15-9-10-17-18(12-15)23-13-22-17/h9-10,12,14,16H,3-8,11,13H2,1-2H3. The van der Waals surface area contributed by atoms with Crippen LogP contribution in [0.3, 0.4) is 0 Å². The van der Waals surface area contributed by atoms with Gasteiger partial charge in [0, 0.05) is 18.5 Å². The van der Waals surface area contributed by atoms with Crippen molar-refractivity contribution in [3.05, 3.63) is 23.8 Å². The molecule has 1 atom stereocenters. The summed E-state index contributed by atoms with van der Waals surface area (Å²) >= 11 is 0. The zero-order valence-corrected chi connectivity index (χ0v) is 14.2. The highest BCUT2D eigenvalue weighted by atomic mass is 16.7. The molecule has 1 aliphatic carbocycles. The smallest absolute Gasteiger partial charge is 0.231 e. The molecular formula is C19H27NO3. The lowest BCUT2D eigenvalue weighted by atomic mass is 9.87. The Balaban J connectivity index is 1.65. The van der Waals surface area contributed by atoms with Crippen LogP contribution in [0.2, 0.25) is 0 Å². The van der Waals surface area contributed by atoms with Gasteiger partial charge in [0.25, 0.3) is 0 Å².